The Hall–Kier alpha value is 0.440. The third-order valence-electron chi connectivity index (χ3n) is 3.48. The van der Waals surface area contributed by atoms with Gasteiger partial charge in [-0.05, 0) is 25.7 Å². The maximum Gasteiger partial charge on any atom is 0.0782 e. The molecule has 2 rings (SSSR count). The van der Waals surface area contributed by atoms with E-state index in [1.807, 2.05) is 0 Å². The average Bonchev–Trinajstić information content (AvgIpc) is 2.77. The van der Waals surface area contributed by atoms with Crippen LogP contribution < -0.4 is 0 Å². The van der Waals surface area contributed by atoms with E-state index in [0.717, 1.165) is 5.33 Å². The highest BCUT2D eigenvalue weighted by Gasteiger charge is 2.36. The zero-order chi connectivity index (χ0) is 9.15. The van der Waals surface area contributed by atoms with Crippen LogP contribution in [0.5, 0.6) is 0 Å². The van der Waals surface area contributed by atoms with E-state index in [-0.39, 0.29) is 5.60 Å². The first-order chi connectivity index (χ1) is 6.35. The molecule has 0 heterocycles. The molecule has 0 N–H and O–H groups in total. The van der Waals surface area contributed by atoms with E-state index < -0.39 is 0 Å². The van der Waals surface area contributed by atoms with Gasteiger partial charge in [-0.2, -0.15) is 0 Å². The molecule has 0 radical (unpaired) electrons. The van der Waals surface area contributed by atoms with Crippen LogP contribution in [0.2, 0.25) is 0 Å². The molecule has 0 unspecified atom stereocenters. The van der Waals surface area contributed by atoms with Crippen LogP contribution >= 0.6 is 15.9 Å². The van der Waals surface area contributed by atoms with Crippen molar-refractivity contribution < 1.29 is 4.74 Å². The molecule has 2 aliphatic carbocycles. The lowest BCUT2D eigenvalue weighted by Crippen LogP contribution is -2.34. The molecule has 76 valence electrons. The van der Waals surface area contributed by atoms with Gasteiger partial charge in [0.25, 0.3) is 0 Å². The highest BCUT2D eigenvalue weighted by Crippen LogP contribution is 2.38. The van der Waals surface area contributed by atoms with Crippen LogP contribution in [0.25, 0.3) is 0 Å². The van der Waals surface area contributed by atoms with Crippen LogP contribution in [0.4, 0.5) is 0 Å². The van der Waals surface area contributed by atoms with Crippen molar-refractivity contribution in [1.82, 2.24) is 0 Å². The summed E-state index contributed by atoms with van der Waals surface area (Å²) in [6.07, 6.45) is 11.2. The zero-order valence-corrected chi connectivity index (χ0v) is 9.81. The van der Waals surface area contributed by atoms with Crippen molar-refractivity contribution in [3.8, 4) is 0 Å². The second kappa shape index (κ2) is 4.31. The van der Waals surface area contributed by atoms with E-state index in [1.165, 1.54) is 51.4 Å². The minimum atomic E-state index is 0.217. The van der Waals surface area contributed by atoms with Crippen molar-refractivity contribution in [1.29, 1.82) is 0 Å². The molecule has 2 saturated carbocycles. The van der Waals surface area contributed by atoms with Crippen molar-refractivity contribution in [3.63, 3.8) is 0 Å². The van der Waals surface area contributed by atoms with E-state index >= 15 is 0 Å². The number of ether oxygens (including phenoxy) is 1. The van der Waals surface area contributed by atoms with Crippen molar-refractivity contribution >= 4 is 15.9 Å². The largest absolute Gasteiger partial charge is 0.371 e. The lowest BCUT2D eigenvalue weighted by molar-refractivity contribution is -0.0710. The van der Waals surface area contributed by atoms with E-state index in [2.05, 4.69) is 15.9 Å². The fourth-order valence-electron chi connectivity index (χ4n) is 2.66. The molecule has 13 heavy (non-hydrogen) atoms. The molecule has 0 atom stereocenters. The molecular formula is C11H19BrO. The fraction of sp³-hybridized carbons (Fsp3) is 1.00. The Labute approximate surface area is 89.4 Å². The summed E-state index contributed by atoms with van der Waals surface area (Å²) in [6, 6.07) is 0. The molecule has 2 aliphatic rings. The monoisotopic (exact) mass is 246 g/mol. The van der Waals surface area contributed by atoms with Crippen molar-refractivity contribution in [2.75, 3.05) is 5.33 Å². The molecule has 0 bridgehead atoms. The lowest BCUT2D eigenvalue weighted by Gasteiger charge is -2.30. The Kier molecular flexibility index (Phi) is 3.31. The Balaban J connectivity index is 1.88. The van der Waals surface area contributed by atoms with Crippen molar-refractivity contribution in [2.45, 2.75) is 63.1 Å². The number of rotatable bonds is 3. The van der Waals surface area contributed by atoms with Crippen LogP contribution in [-0.4, -0.2) is 17.0 Å². The number of hydrogen-bond donors (Lipinski definition) is 0. The minimum Gasteiger partial charge on any atom is -0.371 e. The first-order valence-corrected chi connectivity index (χ1v) is 6.71. The number of alkyl halides is 1. The van der Waals surface area contributed by atoms with Gasteiger partial charge < -0.3 is 4.74 Å². The molecule has 0 spiro atoms. The molecule has 0 aromatic carbocycles. The maximum atomic E-state index is 6.26. The van der Waals surface area contributed by atoms with Gasteiger partial charge in [0.1, 0.15) is 0 Å². The van der Waals surface area contributed by atoms with Gasteiger partial charge >= 0.3 is 0 Å². The smallest absolute Gasteiger partial charge is 0.0782 e. The van der Waals surface area contributed by atoms with Gasteiger partial charge in [0.05, 0.1) is 11.7 Å². The molecule has 2 heteroatoms. The predicted molar refractivity (Wildman–Crippen MR) is 58.3 cm³/mol. The standard InChI is InChI=1S/C11H19BrO/c12-9-11(7-3-4-8-11)13-10-5-1-2-6-10/h10H,1-9H2. The topological polar surface area (TPSA) is 9.23 Å². The van der Waals surface area contributed by atoms with Gasteiger partial charge in [-0.25, -0.2) is 0 Å². The number of halogens is 1. The molecule has 0 aliphatic heterocycles. The molecule has 0 aromatic rings. The summed E-state index contributed by atoms with van der Waals surface area (Å²) < 4.78 is 6.26. The minimum absolute atomic E-state index is 0.217. The molecule has 0 aromatic heterocycles. The first-order valence-electron chi connectivity index (χ1n) is 5.58. The van der Waals surface area contributed by atoms with Gasteiger partial charge in [-0.3, -0.25) is 0 Å². The lowest BCUT2D eigenvalue weighted by atomic mass is 10.0. The second-order valence-corrected chi connectivity index (χ2v) is 5.11. The second-order valence-electron chi connectivity index (χ2n) is 4.55. The summed E-state index contributed by atoms with van der Waals surface area (Å²) in [5, 5.41) is 1.04. The van der Waals surface area contributed by atoms with Gasteiger partial charge in [0, 0.05) is 5.33 Å². The quantitative estimate of drug-likeness (QED) is 0.691. The summed E-state index contributed by atoms with van der Waals surface area (Å²) in [4.78, 5) is 0. The van der Waals surface area contributed by atoms with Crippen LogP contribution in [-0.2, 0) is 4.74 Å². The maximum absolute atomic E-state index is 6.26. The van der Waals surface area contributed by atoms with Crippen LogP contribution in [0, 0.1) is 0 Å². The van der Waals surface area contributed by atoms with Crippen molar-refractivity contribution in [3.05, 3.63) is 0 Å². The summed E-state index contributed by atoms with van der Waals surface area (Å²) in [5.41, 5.74) is 0.217. The van der Waals surface area contributed by atoms with Crippen LogP contribution in [0.3, 0.4) is 0 Å². The van der Waals surface area contributed by atoms with E-state index in [9.17, 15) is 0 Å². The Morgan fingerprint density at radius 2 is 1.69 bits per heavy atom. The van der Waals surface area contributed by atoms with E-state index in [4.69, 9.17) is 4.74 Å². The average molecular weight is 247 g/mol. The van der Waals surface area contributed by atoms with E-state index in [1.54, 1.807) is 0 Å². The molecule has 0 saturated heterocycles. The van der Waals surface area contributed by atoms with Gasteiger partial charge in [-0.1, -0.05) is 41.6 Å². The third kappa shape index (κ3) is 2.27. The van der Waals surface area contributed by atoms with Gasteiger partial charge in [0.15, 0.2) is 0 Å². The summed E-state index contributed by atoms with van der Waals surface area (Å²) >= 11 is 3.62. The van der Waals surface area contributed by atoms with Gasteiger partial charge in [-0.15, -0.1) is 0 Å². The van der Waals surface area contributed by atoms with Crippen molar-refractivity contribution in [2.24, 2.45) is 0 Å². The zero-order valence-electron chi connectivity index (χ0n) is 8.23. The van der Waals surface area contributed by atoms with Crippen LogP contribution in [0.15, 0.2) is 0 Å². The summed E-state index contributed by atoms with van der Waals surface area (Å²) in [6.45, 7) is 0. The SMILES string of the molecule is BrCC1(OC2CCCC2)CCCC1. The first kappa shape index (κ1) is 9.97. The normalized spacial score (nSPS) is 28.4. The molecule has 1 nitrogen and oxygen atoms in total. The fourth-order valence-corrected chi connectivity index (χ4v) is 3.35. The Bertz CT molecular complexity index is 157. The third-order valence-corrected chi connectivity index (χ3v) is 4.50. The predicted octanol–water partition coefficient (Wildman–Crippen LogP) is 3.65. The number of hydrogen-bond acceptors (Lipinski definition) is 1. The Morgan fingerprint density at radius 1 is 1.08 bits per heavy atom. The van der Waals surface area contributed by atoms with Crippen LogP contribution in [0.1, 0.15) is 51.4 Å². The molecular weight excluding hydrogens is 228 g/mol. The molecule has 2 fully saturated rings. The summed E-state index contributed by atoms with van der Waals surface area (Å²) in [5.74, 6) is 0. The summed E-state index contributed by atoms with van der Waals surface area (Å²) in [7, 11) is 0. The Morgan fingerprint density at radius 3 is 2.23 bits per heavy atom. The van der Waals surface area contributed by atoms with Gasteiger partial charge in [0.2, 0.25) is 0 Å². The molecule has 0 amide bonds. The van der Waals surface area contributed by atoms with E-state index in [0.29, 0.717) is 6.10 Å². The highest BCUT2D eigenvalue weighted by atomic mass is 79.9. The highest BCUT2D eigenvalue weighted by molar-refractivity contribution is 9.09.